The van der Waals surface area contributed by atoms with E-state index in [0.29, 0.717) is 0 Å². The lowest BCUT2D eigenvalue weighted by molar-refractivity contribution is 0.200. The second-order valence-electron chi connectivity index (χ2n) is 6.01. The van der Waals surface area contributed by atoms with E-state index in [4.69, 9.17) is 21.7 Å². The van der Waals surface area contributed by atoms with Crippen molar-refractivity contribution in [2.45, 2.75) is 24.8 Å². The van der Waals surface area contributed by atoms with Crippen LogP contribution in [0.2, 0.25) is 0 Å². The number of thiocarbonyl (C=S) groups is 1. The molecule has 1 aromatic carbocycles. The number of nitrogens with zero attached hydrogens (tertiary/aromatic N) is 1. The molecule has 1 aromatic rings. The van der Waals surface area contributed by atoms with Gasteiger partial charge in [0.1, 0.15) is 4.99 Å². The van der Waals surface area contributed by atoms with E-state index in [9.17, 15) is 0 Å². The van der Waals surface area contributed by atoms with Crippen LogP contribution in [0.25, 0.3) is 0 Å². The lowest BCUT2D eigenvalue weighted by Crippen LogP contribution is -2.50. The number of rotatable bonds is 2. The number of allylic oxidation sites excluding steroid dienone is 1. The molecule has 0 saturated heterocycles. The first kappa shape index (κ1) is 13.8. The van der Waals surface area contributed by atoms with Crippen molar-refractivity contribution in [1.29, 1.82) is 0 Å². The van der Waals surface area contributed by atoms with Crippen LogP contribution < -0.4 is 9.47 Å². The Morgan fingerprint density at radius 1 is 1.18 bits per heavy atom. The number of methoxy groups -OCH3 is 2. The van der Waals surface area contributed by atoms with Gasteiger partial charge in [0.25, 0.3) is 0 Å². The summed E-state index contributed by atoms with van der Waals surface area (Å²) in [5.74, 6) is 1.60. The van der Waals surface area contributed by atoms with Crippen molar-refractivity contribution in [3.8, 4) is 11.5 Å². The molecule has 0 amide bonds. The van der Waals surface area contributed by atoms with Crippen molar-refractivity contribution < 1.29 is 9.47 Å². The van der Waals surface area contributed by atoms with Gasteiger partial charge in [0.05, 0.1) is 19.8 Å². The Morgan fingerprint density at radius 2 is 1.95 bits per heavy atom. The fourth-order valence-corrected chi connectivity index (χ4v) is 4.50. The first-order valence-corrected chi connectivity index (χ1v) is 8.07. The molecular weight excluding hydrogens is 294 g/mol. The number of benzene rings is 1. The maximum Gasteiger partial charge on any atom is 0.161 e. The third-order valence-corrected chi connectivity index (χ3v) is 5.45. The average Bonchev–Trinajstić information content (AvgIpc) is 2.86. The van der Waals surface area contributed by atoms with Crippen molar-refractivity contribution >= 4 is 17.2 Å². The Morgan fingerprint density at radius 3 is 2.73 bits per heavy atom. The summed E-state index contributed by atoms with van der Waals surface area (Å²) in [5.41, 5.74) is 3.89. The van der Waals surface area contributed by atoms with Crippen LogP contribution in [0.15, 0.2) is 35.9 Å². The number of ether oxygens (including phenoxy) is 2. The largest absolute Gasteiger partial charge is 0.493 e. The standard InChI is InChI=1S/C18H19NO2S/c1-20-15-9-12-6-8-19-17(22)10-13-5-3-4-7-18(13,19)14(12)11-16(15)21-2/h3,5,9-11H,4,6-8H2,1-2H3/t18-/m0/s1. The molecule has 4 heteroatoms. The van der Waals surface area contributed by atoms with Gasteiger partial charge in [-0.25, -0.2) is 0 Å². The van der Waals surface area contributed by atoms with Crippen LogP contribution in [0, 0.1) is 0 Å². The molecule has 1 aliphatic carbocycles. The van der Waals surface area contributed by atoms with Crippen molar-refractivity contribution in [3.05, 3.63) is 47.1 Å². The van der Waals surface area contributed by atoms with E-state index in [1.807, 2.05) is 0 Å². The van der Waals surface area contributed by atoms with E-state index in [-0.39, 0.29) is 5.54 Å². The molecule has 0 saturated carbocycles. The Labute approximate surface area is 136 Å². The lowest BCUT2D eigenvalue weighted by atomic mass is 9.72. The first-order valence-electron chi connectivity index (χ1n) is 7.66. The zero-order valence-corrected chi connectivity index (χ0v) is 13.7. The monoisotopic (exact) mass is 313 g/mol. The highest BCUT2D eigenvalue weighted by Crippen LogP contribution is 2.52. The highest BCUT2D eigenvalue weighted by atomic mass is 32.1. The van der Waals surface area contributed by atoms with E-state index in [0.717, 1.165) is 42.3 Å². The Hall–Kier alpha value is -1.81. The molecule has 0 bridgehead atoms. The minimum absolute atomic E-state index is 0.0982. The van der Waals surface area contributed by atoms with Gasteiger partial charge in [0.2, 0.25) is 0 Å². The van der Waals surface area contributed by atoms with E-state index in [1.165, 1.54) is 16.7 Å². The van der Waals surface area contributed by atoms with Gasteiger partial charge in [-0.3, -0.25) is 0 Å². The van der Waals surface area contributed by atoms with Gasteiger partial charge in [-0.1, -0.05) is 24.4 Å². The third kappa shape index (κ3) is 1.64. The molecule has 0 aromatic heterocycles. The van der Waals surface area contributed by atoms with Crippen LogP contribution in [-0.2, 0) is 12.0 Å². The maximum atomic E-state index is 5.62. The molecule has 2 aliphatic heterocycles. The minimum Gasteiger partial charge on any atom is -0.493 e. The molecule has 0 unspecified atom stereocenters. The minimum atomic E-state index is -0.0982. The number of fused-ring (bicyclic) bond motifs is 1. The summed E-state index contributed by atoms with van der Waals surface area (Å²) < 4.78 is 11.0. The molecule has 1 spiro atoms. The highest BCUT2D eigenvalue weighted by Gasteiger charge is 2.49. The molecule has 114 valence electrons. The summed E-state index contributed by atoms with van der Waals surface area (Å²) in [5, 5.41) is 0. The van der Waals surface area contributed by atoms with Crippen LogP contribution in [0.4, 0.5) is 0 Å². The molecule has 1 atom stereocenters. The van der Waals surface area contributed by atoms with Gasteiger partial charge in [0.15, 0.2) is 11.5 Å². The van der Waals surface area contributed by atoms with Gasteiger partial charge in [-0.2, -0.15) is 0 Å². The summed E-state index contributed by atoms with van der Waals surface area (Å²) in [7, 11) is 3.39. The molecule has 0 fully saturated rings. The smallest absolute Gasteiger partial charge is 0.161 e. The summed E-state index contributed by atoms with van der Waals surface area (Å²) >= 11 is 5.62. The van der Waals surface area contributed by atoms with Crippen LogP contribution in [0.3, 0.4) is 0 Å². The van der Waals surface area contributed by atoms with E-state index < -0.39 is 0 Å². The fourth-order valence-electron chi connectivity index (χ4n) is 4.12. The topological polar surface area (TPSA) is 21.7 Å². The van der Waals surface area contributed by atoms with Crippen molar-refractivity contribution in [1.82, 2.24) is 4.90 Å². The zero-order valence-electron chi connectivity index (χ0n) is 12.9. The lowest BCUT2D eigenvalue weighted by Gasteiger charge is -2.47. The molecule has 2 heterocycles. The first-order chi connectivity index (χ1) is 10.7. The summed E-state index contributed by atoms with van der Waals surface area (Å²) in [6, 6.07) is 4.29. The molecular formula is C18H19NO2S. The fraction of sp³-hybridized carbons (Fsp3) is 0.389. The average molecular weight is 313 g/mol. The zero-order chi connectivity index (χ0) is 15.3. The van der Waals surface area contributed by atoms with Gasteiger partial charge < -0.3 is 14.4 Å². The normalized spacial score (nSPS) is 25.3. The van der Waals surface area contributed by atoms with Crippen LogP contribution in [-0.4, -0.2) is 30.7 Å². The SMILES string of the molecule is COc1cc2c(cc1OC)[C@]13CCC=CC1=CC(=S)N3CC2. The molecule has 3 nitrogen and oxygen atoms in total. The van der Waals surface area contributed by atoms with Crippen molar-refractivity contribution in [2.75, 3.05) is 20.8 Å². The molecule has 3 aliphatic rings. The Bertz CT molecular complexity index is 722. The Kier molecular flexibility index (Phi) is 3.05. The predicted octanol–water partition coefficient (Wildman–Crippen LogP) is 3.37. The van der Waals surface area contributed by atoms with Gasteiger partial charge in [0, 0.05) is 6.54 Å². The molecule has 0 radical (unpaired) electrons. The predicted molar refractivity (Wildman–Crippen MR) is 90.7 cm³/mol. The van der Waals surface area contributed by atoms with Crippen LogP contribution >= 0.6 is 12.2 Å². The number of hydrogen-bond acceptors (Lipinski definition) is 3. The summed E-state index contributed by atoms with van der Waals surface area (Å²) in [6.07, 6.45) is 9.78. The van der Waals surface area contributed by atoms with Crippen LogP contribution in [0.1, 0.15) is 24.0 Å². The van der Waals surface area contributed by atoms with E-state index in [1.54, 1.807) is 14.2 Å². The van der Waals surface area contributed by atoms with Gasteiger partial charge in [-0.05, 0) is 54.2 Å². The van der Waals surface area contributed by atoms with Crippen LogP contribution in [0.5, 0.6) is 11.5 Å². The van der Waals surface area contributed by atoms with Crippen molar-refractivity contribution in [2.24, 2.45) is 0 Å². The number of hydrogen-bond donors (Lipinski definition) is 0. The quantitative estimate of drug-likeness (QED) is 0.780. The van der Waals surface area contributed by atoms with E-state index >= 15 is 0 Å². The summed E-state index contributed by atoms with van der Waals surface area (Å²) in [4.78, 5) is 3.36. The summed E-state index contributed by atoms with van der Waals surface area (Å²) in [6.45, 7) is 0.967. The van der Waals surface area contributed by atoms with E-state index in [2.05, 4.69) is 35.3 Å². The maximum absolute atomic E-state index is 5.62. The second kappa shape index (κ2) is 4.85. The molecule has 4 rings (SSSR count). The second-order valence-corrected chi connectivity index (χ2v) is 6.42. The van der Waals surface area contributed by atoms with Gasteiger partial charge >= 0.3 is 0 Å². The molecule has 22 heavy (non-hydrogen) atoms. The molecule has 0 N–H and O–H groups in total. The highest BCUT2D eigenvalue weighted by molar-refractivity contribution is 7.80. The third-order valence-electron chi connectivity index (χ3n) is 5.11. The Balaban J connectivity index is 1.96. The van der Waals surface area contributed by atoms with Crippen molar-refractivity contribution in [3.63, 3.8) is 0 Å². The van der Waals surface area contributed by atoms with Gasteiger partial charge in [-0.15, -0.1) is 0 Å².